The number of nitrogens with one attached hydrogen (secondary N) is 1. The van der Waals surface area contributed by atoms with Crippen LogP contribution in [0.25, 0.3) is 0 Å². The lowest BCUT2D eigenvalue weighted by atomic mass is 10.2. The van der Waals surface area contributed by atoms with E-state index in [9.17, 15) is 4.79 Å². The SMILES string of the molecule is CCNCCCCN(C)C(=O)C(C)C. The van der Waals surface area contributed by atoms with Gasteiger partial charge >= 0.3 is 0 Å². The summed E-state index contributed by atoms with van der Waals surface area (Å²) in [7, 11) is 1.88. The first-order valence-electron chi connectivity index (χ1n) is 5.55. The minimum Gasteiger partial charge on any atom is -0.346 e. The number of unbranched alkanes of at least 4 members (excludes halogenated alkanes) is 1. The molecule has 3 heteroatoms. The van der Waals surface area contributed by atoms with Crippen molar-refractivity contribution in [3.8, 4) is 0 Å². The van der Waals surface area contributed by atoms with E-state index in [4.69, 9.17) is 0 Å². The third kappa shape index (κ3) is 5.97. The molecule has 0 aliphatic carbocycles. The molecule has 0 radical (unpaired) electrons. The second-order valence-corrected chi connectivity index (χ2v) is 3.98. The molecule has 0 bridgehead atoms. The van der Waals surface area contributed by atoms with Crippen molar-refractivity contribution in [1.82, 2.24) is 10.2 Å². The second kappa shape index (κ2) is 7.80. The zero-order valence-electron chi connectivity index (χ0n) is 9.97. The molecule has 0 heterocycles. The zero-order valence-corrected chi connectivity index (χ0v) is 9.97. The Kier molecular flexibility index (Phi) is 7.48. The van der Waals surface area contributed by atoms with E-state index in [0.29, 0.717) is 0 Å². The van der Waals surface area contributed by atoms with Crippen LogP contribution in [-0.4, -0.2) is 37.5 Å². The van der Waals surface area contributed by atoms with Gasteiger partial charge in [-0.25, -0.2) is 0 Å². The molecule has 0 aliphatic heterocycles. The molecule has 0 spiro atoms. The molecule has 0 atom stereocenters. The van der Waals surface area contributed by atoms with Crippen LogP contribution < -0.4 is 5.32 Å². The summed E-state index contributed by atoms with van der Waals surface area (Å²) in [5.41, 5.74) is 0. The van der Waals surface area contributed by atoms with Gasteiger partial charge in [0.15, 0.2) is 0 Å². The first kappa shape index (κ1) is 13.4. The first-order chi connectivity index (χ1) is 6.59. The monoisotopic (exact) mass is 200 g/mol. The number of amides is 1. The smallest absolute Gasteiger partial charge is 0.224 e. The molecule has 0 aromatic rings. The van der Waals surface area contributed by atoms with Crippen molar-refractivity contribution in [2.24, 2.45) is 5.92 Å². The van der Waals surface area contributed by atoms with Crippen molar-refractivity contribution < 1.29 is 4.79 Å². The highest BCUT2D eigenvalue weighted by Gasteiger charge is 2.11. The van der Waals surface area contributed by atoms with E-state index in [1.807, 2.05) is 25.8 Å². The highest BCUT2D eigenvalue weighted by atomic mass is 16.2. The predicted molar refractivity (Wildman–Crippen MR) is 60.3 cm³/mol. The molecule has 84 valence electrons. The fourth-order valence-corrected chi connectivity index (χ4v) is 1.33. The van der Waals surface area contributed by atoms with E-state index in [1.54, 1.807) is 0 Å². The van der Waals surface area contributed by atoms with E-state index in [2.05, 4.69) is 12.2 Å². The quantitative estimate of drug-likeness (QED) is 0.632. The van der Waals surface area contributed by atoms with Crippen LogP contribution in [0.5, 0.6) is 0 Å². The normalized spacial score (nSPS) is 10.6. The molecule has 0 unspecified atom stereocenters. The maximum absolute atomic E-state index is 11.5. The summed E-state index contributed by atoms with van der Waals surface area (Å²) in [5.74, 6) is 0.363. The summed E-state index contributed by atoms with van der Waals surface area (Å²) in [6, 6.07) is 0. The molecule has 0 saturated carbocycles. The van der Waals surface area contributed by atoms with Crippen molar-refractivity contribution >= 4 is 5.91 Å². The van der Waals surface area contributed by atoms with Gasteiger partial charge in [-0.1, -0.05) is 20.8 Å². The molecular formula is C11H24N2O. The molecule has 1 amide bonds. The van der Waals surface area contributed by atoms with Crippen LogP contribution in [-0.2, 0) is 4.79 Å². The lowest BCUT2D eigenvalue weighted by molar-refractivity contribution is -0.133. The van der Waals surface area contributed by atoms with Gasteiger partial charge in [-0.15, -0.1) is 0 Å². The number of rotatable bonds is 7. The van der Waals surface area contributed by atoms with Gasteiger partial charge in [0.1, 0.15) is 0 Å². The summed E-state index contributed by atoms with van der Waals surface area (Å²) in [6.45, 7) is 8.95. The lowest BCUT2D eigenvalue weighted by Crippen LogP contribution is -2.31. The van der Waals surface area contributed by atoms with Gasteiger partial charge in [-0.3, -0.25) is 4.79 Å². The Morgan fingerprint density at radius 3 is 2.50 bits per heavy atom. The molecule has 0 saturated heterocycles. The largest absolute Gasteiger partial charge is 0.346 e. The number of hydrogen-bond donors (Lipinski definition) is 1. The molecular weight excluding hydrogens is 176 g/mol. The first-order valence-corrected chi connectivity index (χ1v) is 5.55. The predicted octanol–water partition coefficient (Wildman–Crippen LogP) is 1.49. The third-order valence-corrected chi connectivity index (χ3v) is 2.22. The van der Waals surface area contributed by atoms with Crippen LogP contribution in [0.2, 0.25) is 0 Å². The number of carbonyl (C=O) groups is 1. The van der Waals surface area contributed by atoms with Gasteiger partial charge in [0.2, 0.25) is 5.91 Å². The minimum absolute atomic E-state index is 0.119. The van der Waals surface area contributed by atoms with E-state index in [0.717, 1.165) is 32.5 Å². The Morgan fingerprint density at radius 1 is 1.36 bits per heavy atom. The Hall–Kier alpha value is -0.570. The minimum atomic E-state index is 0.119. The molecule has 0 aromatic heterocycles. The Bertz CT molecular complexity index is 157. The summed E-state index contributed by atoms with van der Waals surface area (Å²) in [5, 5.41) is 3.27. The summed E-state index contributed by atoms with van der Waals surface area (Å²) >= 11 is 0. The average Bonchev–Trinajstić information content (AvgIpc) is 2.16. The fourth-order valence-electron chi connectivity index (χ4n) is 1.33. The van der Waals surface area contributed by atoms with Gasteiger partial charge in [-0.2, -0.15) is 0 Å². The van der Waals surface area contributed by atoms with E-state index in [1.165, 1.54) is 0 Å². The fraction of sp³-hybridized carbons (Fsp3) is 0.909. The van der Waals surface area contributed by atoms with E-state index >= 15 is 0 Å². The number of hydrogen-bond acceptors (Lipinski definition) is 2. The van der Waals surface area contributed by atoms with Crippen molar-refractivity contribution in [2.75, 3.05) is 26.7 Å². The maximum Gasteiger partial charge on any atom is 0.224 e. The molecule has 14 heavy (non-hydrogen) atoms. The van der Waals surface area contributed by atoms with Gasteiger partial charge in [0.05, 0.1) is 0 Å². The Labute approximate surface area is 87.9 Å². The van der Waals surface area contributed by atoms with Gasteiger partial charge in [0, 0.05) is 19.5 Å². The van der Waals surface area contributed by atoms with Crippen molar-refractivity contribution in [1.29, 1.82) is 0 Å². The van der Waals surface area contributed by atoms with E-state index in [-0.39, 0.29) is 11.8 Å². The van der Waals surface area contributed by atoms with Crippen LogP contribution >= 0.6 is 0 Å². The molecule has 3 nitrogen and oxygen atoms in total. The van der Waals surface area contributed by atoms with Crippen LogP contribution in [0, 0.1) is 5.92 Å². The van der Waals surface area contributed by atoms with Crippen molar-refractivity contribution in [3.05, 3.63) is 0 Å². The average molecular weight is 200 g/mol. The highest BCUT2D eigenvalue weighted by molar-refractivity contribution is 5.77. The van der Waals surface area contributed by atoms with Crippen molar-refractivity contribution in [2.45, 2.75) is 33.6 Å². The van der Waals surface area contributed by atoms with E-state index < -0.39 is 0 Å². The van der Waals surface area contributed by atoms with Gasteiger partial charge < -0.3 is 10.2 Å². The molecule has 1 N–H and O–H groups in total. The van der Waals surface area contributed by atoms with Crippen LogP contribution in [0.4, 0.5) is 0 Å². The third-order valence-electron chi connectivity index (χ3n) is 2.22. The second-order valence-electron chi connectivity index (χ2n) is 3.98. The molecule has 0 aliphatic rings. The number of nitrogens with zero attached hydrogens (tertiary/aromatic N) is 1. The summed E-state index contributed by atoms with van der Waals surface area (Å²) in [6.07, 6.45) is 2.23. The maximum atomic E-state index is 11.5. The van der Waals surface area contributed by atoms with Crippen molar-refractivity contribution in [3.63, 3.8) is 0 Å². The van der Waals surface area contributed by atoms with Crippen LogP contribution in [0.15, 0.2) is 0 Å². The Balaban J connectivity index is 3.44. The molecule has 0 aromatic carbocycles. The standard InChI is InChI=1S/C11H24N2O/c1-5-12-8-6-7-9-13(4)11(14)10(2)3/h10,12H,5-9H2,1-4H3. The Morgan fingerprint density at radius 2 is 2.00 bits per heavy atom. The van der Waals surface area contributed by atoms with Gasteiger partial charge in [-0.05, 0) is 25.9 Å². The van der Waals surface area contributed by atoms with Crippen LogP contribution in [0.3, 0.4) is 0 Å². The summed E-state index contributed by atoms with van der Waals surface area (Å²) in [4.78, 5) is 13.3. The summed E-state index contributed by atoms with van der Waals surface area (Å²) < 4.78 is 0. The topological polar surface area (TPSA) is 32.3 Å². The molecule has 0 fully saturated rings. The van der Waals surface area contributed by atoms with Gasteiger partial charge in [0.25, 0.3) is 0 Å². The highest BCUT2D eigenvalue weighted by Crippen LogP contribution is 2.00. The number of carbonyl (C=O) groups excluding carboxylic acids is 1. The van der Waals surface area contributed by atoms with Crippen LogP contribution in [0.1, 0.15) is 33.6 Å². The zero-order chi connectivity index (χ0) is 11.0. The lowest BCUT2D eigenvalue weighted by Gasteiger charge is -2.19. The molecule has 0 rings (SSSR count).